The maximum absolute atomic E-state index is 13.0. The van der Waals surface area contributed by atoms with E-state index < -0.39 is 5.54 Å². The largest absolute Gasteiger partial charge is 0.378 e. The van der Waals surface area contributed by atoms with E-state index in [0.717, 1.165) is 6.42 Å². The van der Waals surface area contributed by atoms with Gasteiger partial charge in [-0.2, -0.15) is 4.98 Å². The molecule has 1 aromatic rings. The van der Waals surface area contributed by atoms with Gasteiger partial charge in [0.1, 0.15) is 5.54 Å². The SMILES string of the molecule is Cc1noc(CCC(=O)N2CCC[C@]2(C)C(=O)N2CCOCC2)n1. The highest BCUT2D eigenvalue weighted by Gasteiger charge is 2.47. The van der Waals surface area contributed by atoms with E-state index in [4.69, 9.17) is 9.26 Å². The van der Waals surface area contributed by atoms with Gasteiger partial charge >= 0.3 is 0 Å². The van der Waals surface area contributed by atoms with Gasteiger partial charge in [-0.15, -0.1) is 0 Å². The molecule has 2 saturated heterocycles. The molecular formula is C16H24N4O4. The average Bonchev–Trinajstić information content (AvgIpc) is 3.19. The third-order valence-corrected chi connectivity index (χ3v) is 4.82. The molecule has 24 heavy (non-hydrogen) atoms. The Balaban J connectivity index is 1.64. The summed E-state index contributed by atoms with van der Waals surface area (Å²) in [6, 6.07) is 0. The van der Waals surface area contributed by atoms with Gasteiger partial charge in [-0.3, -0.25) is 9.59 Å². The summed E-state index contributed by atoms with van der Waals surface area (Å²) in [7, 11) is 0. The number of hydrogen-bond acceptors (Lipinski definition) is 6. The van der Waals surface area contributed by atoms with Crippen molar-refractivity contribution < 1.29 is 18.8 Å². The van der Waals surface area contributed by atoms with E-state index >= 15 is 0 Å². The van der Waals surface area contributed by atoms with E-state index in [-0.39, 0.29) is 18.2 Å². The van der Waals surface area contributed by atoms with Crippen LogP contribution in [-0.2, 0) is 20.7 Å². The Labute approximate surface area is 141 Å². The molecule has 0 aromatic carbocycles. The highest BCUT2D eigenvalue weighted by Crippen LogP contribution is 2.32. The number of hydrogen-bond donors (Lipinski definition) is 0. The van der Waals surface area contributed by atoms with Gasteiger partial charge in [-0.1, -0.05) is 5.16 Å². The van der Waals surface area contributed by atoms with Gasteiger partial charge in [0, 0.05) is 32.5 Å². The van der Waals surface area contributed by atoms with Crippen molar-refractivity contribution in [3.8, 4) is 0 Å². The molecule has 1 aromatic heterocycles. The molecule has 8 nitrogen and oxygen atoms in total. The summed E-state index contributed by atoms with van der Waals surface area (Å²) in [6.07, 6.45) is 2.22. The van der Waals surface area contributed by atoms with Gasteiger partial charge in [-0.25, -0.2) is 0 Å². The Bertz CT molecular complexity index is 611. The first-order valence-corrected chi connectivity index (χ1v) is 8.47. The molecule has 0 radical (unpaired) electrons. The molecule has 0 bridgehead atoms. The summed E-state index contributed by atoms with van der Waals surface area (Å²) in [5.41, 5.74) is -0.751. The van der Waals surface area contributed by atoms with Crippen molar-refractivity contribution in [3.63, 3.8) is 0 Å². The number of aromatic nitrogens is 2. The van der Waals surface area contributed by atoms with Crippen molar-refractivity contribution in [1.82, 2.24) is 19.9 Å². The lowest BCUT2D eigenvalue weighted by molar-refractivity contribution is -0.153. The van der Waals surface area contributed by atoms with Crippen molar-refractivity contribution in [1.29, 1.82) is 0 Å². The Kier molecular flexibility index (Phi) is 4.84. The van der Waals surface area contributed by atoms with Crippen LogP contribution in [0.2, 0.25) is 0 Å². The number of aryl methyl sites for hydroxylation is 2. The highest BCUT2D eigenvalue weighted by molar-refractivity contribution is 5.91. The summed E-state index contributed by atoms with van der Waals surface area (Å²) in [6.45, 7) is 6.56. The minimum Gasteiger partial charge on any atom is -0.378 e. The number of likely N-dealkylation sites (tertiary alicyclic amines) is 1. The Morgan fingerprint density at radius 2 is 2.00 bits per heavy atom. The van der Waals surface area contributed by atoms with E-state index in [1.807, 2.05) is 11.8 Å². The normalized spacial score (nSPS) is 24.4. The lowest BCUT2D eigenvalue weighted by Gasteiger charge is -2.39. The summed E-state index contributed by atoms with van der Waals surface area (Å²) in [5.74, 6) is 1.02. The monoisotopic (exact) mass is 336 g/mol. The van der Waals surface area contributed by atoms with Crippen LogP contribution < -0.4 is 0 Å². The highest BCUT2D eigenvalue weighted by atomic mass is 16.5. The van der Waals surface area contributed by atoms with E-state index in [2.05, 4.69) is 10.1 Å². The van der Waals surface area contributed by atoms with E-state index in [1.54, 1.807) is 11.8 Å². The fourth-order valence-corrected chi connectivity index (χ4v) is 3.48. The first kappa shape index (κ1) is 16.9. The molecule has 2 aliphatic rings. The standard InChI is InChI=1S/C16H24N4O4/c1-12-17-13(24-18-12)4-5-14(21)20-7-3-6-16(20,2)15(22)19-8-10-23-11-9-19/h3-11H2,1-2H3/t16-/m1/s1. The molecule has 2 amide bonds. The minimum absolute atomic E-state index is 0.0327. The van der Waals surface area contributed by atoms with Crippen LogP contribution in [0.4, 0.5) is 0 Å². The third-order valence-electron chi connectivity index (χ3n) is 4.82. The van der Waals surface area contributed by atoms with Gasteiger partial charge in [0.05, 0.1) is 13.2 Å². The van der Waals surface area contributed by atoms with Crippen molar-refractivity contribution in [2.75, 3.05) is 32.8 Å². The topological polar surface area (TPSA) is 88.8 Å². The first-order valence-electron chi connectivity index (χ1n) is 8.47. The fourth-order valence-electron chi connectivity index (χ4n) is 3.48. The van der Waals surface area contributed by atoms with Gasteiger partial charge in [0.2, 0.25) is 17.7 Å². The Morgan fingerprint density at radius 1 is 1.25 bits per heavy atom. The molecule has 0 aliphatic carbocycles. The minimum atomic E-state index is -0.751. The number of morpholine rings is 1. The molecule has 8 heteroatoms. The van der Waals surface area contributed by atoms with Crippen LogP contribution in [-0.4, -0.2) is 70.1 Å². The number of ether oxygens (including phenoxy) is 1. The first-order chi connectivity index (χ1) is 11.5. The van der Waals surface area contributed by atoms with Crippen LogP contribution in [0, 0.1) is 6.92 Å². The number of amides is 2. The van der Waals surface area contributed by atoms with Crippen LogP contribution in [0.25, 0.3) is 0 Å². The Morgan fingerprint density at radius 3 is 2.67 bits per heavy atom. The lowest BCUT2D eigenvalue weighted by atomic mass is 9.96. The lowest BCUT2D eigenvalue weighted by Crippen LogP contribution is -2.58. The van der Waals surface area contributed by atoms with Crippen molar-refractivity contribution in [2.45, 2.75) is 45.1 Å². The maximum atomic E-state index is 13.0. The number of nitrogens with zero attached hydrogens (tertiary/aromatic N) is 4. The quantitative estimate of drug-likeness (QED) is 0.798. The Hall–Kier alpha value is -1.96. The van der Waals surface area contributed by atoms with Crippen LogP contribution in [0.5, 0.6) is 0 Å². The zero-order valence-corrected chi connectivity index (χ0v) is 14.3. The van der Waals surface area contributed by atoms with Crippen molar-refractivity contribution >= 4 is 11.8 Å². The van der Waals surface area contributed by atoms with Crippen LogP contribution >= 0.6 is 0 Å². The molecule has 2 fully saturated rings. The summed E-state index contributed by atoms with van der Waals surface area (Å²) < 4.78 is 10.4. The average molecular weight is 336 g/mol. The molecule has 2 aliphatic heterocycles. The second kappa shape index (κ2) is 6.88. The predicted molar refractivity (Wildman–Crippen MR) is 84.1 cm³/mol. The zero-order chi connectivity index (χ0) is 17.2. The predicted octanol–water partition coefficient (Wildman–Crippen LogP) is 0.551. The van der Waals surface area contributed by atoms with Crippen LogP contribution in [0.3, 0.4) is 0 Å². The number of rotatable bonds is 4. The van der Waals surface area contributed by atoms with Gasteiger partial charge < -0.3 is 19.1 Å². The van der Waals surface area contributed by atoms with Crippen LogP contribution in [0.15, 0.2) is 4.52 Å². The maximum Gasteiger partial charge on any atom is 0.248 e. The second-order valence-electron chi connectivity index (χ2n) is 6.56. The van der Waals surface area contributed by atoms with Crippen LogP contribution in [0.1, 0.15) is 37.9 Å². The van der Waals surface area contributed by atoms with E-state index in [0.29, 0.717) is 57.4 Å². The number of carbonyl (C=O) groups excluding carboxylic acids is 2. The molecule has 1 atom stereocenters. The van der Waals surface area contributed by atoms with E-state index in [9.17, 15) is 9.59 Å². The van der Waals surface area contributed by atoms with Gasteiger partial charge in [0.15, 0.2) is 5.82 Å². The van der Waals surface area contributed by atoms with Gasteiger partial charge in [-0.05, 0) is 26.7 Å². The molecule has 0 unspecified atom stereocenters. The number of carbonyl (C=O) groups is 2. The molecule has 0 N–H and O–H groups in total. The molecule has 3 heterocycles. The van der Waals surface area contributed by atoms with E-state index in [1.165, 1.54) is 0 Å². The second-order valence-corrected chi connectivity index (χ2v) is 6.56. The van der Waals surface area contributed by atoms with Gasteiger partial charge in [0.25, 0.3) is 0 Å². The van der Waals surface area contributed by atoms with Crippen molar-refractivity contribution in [3.05, 3.63) is 11.7 Å². The van der Waals surface area contributed by atoms with Crippen molar-refractivity contribution in [2.24, 2.45) is 0 Å². The molecule has 0 saturated carbocycles. The summed E-state index contributed by atoms with van der Waals surface area (Å²) in [5, 5.41) is 3.73. The molecule has 3 rings (SSSR count). The summed E-state index contributed by atoms with van der Waals surface area (Å²) in [4.78, 5) is 33.3. The molecular weight excluding hydrogens is 312 g/mol. The smallest absolute Gasteiger partial charge is 0.248 e. The molecule has 0 spiro atoms. The molecule has 132 valence electrons. The zero-order valence-electron chi connectivity index (χ0n) is 14.3. The third kappa shape index (κ3) is 3.28. The summed E-state index contributed by atoms with van der Waals surface area (Å²) >= 11 is 0. The fraction of sp³-hybridized carbons (Fsp3) is 0.750.